The Morgan fingerprint density at radius 1 is 1.38 bits per heavy atom. The molecule has 0 aliphatic rings. The lowest BCUT2D eigenvalue weighted by Crippen LogP contribution is -2.31. The van der Waals surface area contributed by atoms with E-state index in [2.05, 4.69) is 12.2 Å². The van der Waals surface area contributed by atoms with Crippen molar-refractivity contribution >= 4 is 17.3 Å². The summed E-state index contributed by atoms with van der Waals surface area (Å²) >= 11 is 0. The van der Waals surface area contributed by atoms with E-state index >= 15 is 0 Å². The fourth-order valence-corrected chi connectivity index (χ4v) is 2.24. The second-order valence-electron chi connectivity index (χ2n) is 5.95. The first-order valence-electron chi connectivity index (χ1n) is 6.96. The normalized spacial score (nSPS) is 11.1. The van der Waals surface area contributed by atoms with Crippen LogP contribution in [0.2, 0.25) is 0 Å². The predicted octanol–water partition coefficient (Wildman–Crippen LogP) is 3.29. The molecular formula is C15H23N3O3. The predicted molar refractivity (Wildman–Crippen MR) is 83.7 cm³/mol. The van der Waals surface area contributed by atoms with Gasteiger partial charge in [0.25, 0.3) is 11.6 Å². The Hall–Kier alpha value is -2.11. The smallest absolute Gasteiger partial charge is 0.292 e. The van der Waals surface area contributed by atoms with E-state index in [4.69, 9.17) is 0 Å². The molecule has 0 aliphatic carbocycles. The van der Waals surface area contributed by atoms with Gasteiger partial charge in [-0.2, -0.15) is 0 Å². The Labute approximate surface area is 125 Å². The summed E-state index contributed by atoms with van der Waals surface area (Å²) in [5.41, 5.74) is 0.514. The number of carbonyl (C=O) groups is 1. The van der Waals surface area contributed by atoms with Gasteiger partial charge < -0.3 is 10.2 Å². The van der Waals surface area contributed by atoms with Crippen molar-refractivity contribution in [3.63, 3.8) is 0 Å². The molecule has 0 spiro atoms. The van der Waals surface area contributed by atoms with E-state index in [1.807, 2.05) is 13.8 Å². The minimum Gasteiger partial charge on any atom is -0.375 e. The summed E-state index contributed by atoms with van der Waals surface area (Å²) in [6, 6.07) is 4.41. The van der Waals surface area contributed by atoms with E-state index < -0.39 is 4.92 Å². The SMILES string of the molecule is CCCC(C)(C)Nc1cc(C(=O)N(C)C)ccc1[N+](=O)[O-]. The summed E-state index contributed by atoms with van der Waals surface area (Å²) in [5.74, 6) is -0.179. The van der Waals surface area contributed by atoms with E-state index in [0.29, 0.717) is 11.3 Å². The third-order valence-corrected chi connectivity index (χ3v) is 3.19. The first kappa shape index (κ1) is 16.9. The number of nitrogens with zero attached hydrogens (tertiary/aromatic N) is 2. The van der Waals surface area contributed by atoms with Crippen molar-refractivity contribution in [3.8, 4) is 0 Å². The molecule has 0 aliphatic heterocycles. The van der Waals surface area contributed by atoms with E-state index in [1.165, 1.54) is 17.0 Å². The van der Waals surface area contributed by atoms with Crippen LogP contribution in [0.15, 0.2) is 18.2 Å². The van der Waals surface area contributed by atoms with Crippen molar-refractivity contribution in [2.24, 2.45) is 0 Å². The first-order valence-corrected chi connectivity index (χ1v) is 6.96. The molecule has 0 aromatic heterocycles. The van der Waals surface area contributed by atoms with Crippen molar-refractivity contribution in [2.45, 2.75) is 39.2 Å². The maximum absolute atomic E-state index is 12.0. The van der Waals surface area contributed by atoms with Gasteiger partial charge in [-0.15, -0.1) is 0 Å². The lowest BCUT2D eigenvalue weighted by Gasteiger charge is -2.27. The number of nitrogens with one attached hydrogen (secondary N) is 1. The summed E-state index contributed by atoms with van der Waals surface area (Å²) < 4.78 is 0. The molecule has 0 saturated carbocycles. The molecule has 0 radical (unpaired) electrons. The van der Waals surface area contributed by atoms with Crippen LogP contribution in [0.3, 0.4) is 0 Å². The van der Waals surface area contributed by atoms with Crippen molar-refractivity contribution in [3.05, 3.63) is 33.9 Å². The summed E-state index contributed by atoms with van der Waals surface area (Å²) in [5, 5.41) is 14.3. The van der Waals surface area contributed by atoms with Crippen molar-refractivity contribution in [1.82, 2.24) is 4.90 Å². The highest BCUT2D eigenvalue weighted by Crippen LogP contribution is 2.30. The van der Waals surface area contributed by atoms with Gasteiger partial charge in [0.2, 0.25) is 0 Å². The Balaban J connectivity index is 3.22. The van der Waals surface area contributed by atoms with Gasteiger partial charge in [0.15, 0.2) is 0 Å². The van der Waals surface area contributed by atoms with Crippen LogP contribution in [0, 0.1) is 10.1 Å². The van der Waals surface area contributed by atoms with Gasteiger partial charge in [-0.25, -0.2) is 0 Å². The molecule has 1 aromatic rings. The summed E-state index contributed by atoms with van der Waals surface area (Å²) in [6.07, 6.45) is 1.83. The first-order chi connectivity index (χ1) is 9.68. The van der Waals surface area contributed by atoms with Crippen LogP contribution in [0.5, 0.6) is 0 Å². The fraction of sp³-hybridized carbons (Fsp3) is 0.533. The topological polar surface area (TPSA) is 75.5 Å². The van der Waals surface area contributed by atoms with E-state index in [9.17, 15) is 14.9 Å². The quantitative estimate of drug-likeness (QED) is 0.645. The highest BCUT2D eigenvalue weighted by atomic mass is 16.6. The summed E-state index contributed by atoms with van der Waals surface area (Å²) in [4.78, 5) is 24.2. The lowest BCUT2D eigenvalue weighted by molar-refractivity contribution is -0.384. The Morgan fingerprint density at radius 2 is 2.00 bits per heavy atom. The molecular weight excluding hydrogens is 270 g/mol. The number of nitro groups is 1. The highest BCUT2D eigenvalue weighted by molar-refractivity contribution is 5.95. The van der Waals surface area contributed by atoms with Crippen LogP contribution in [-0.4, -0.2) is 35.4 Å². The maximum Gasteiger partial charge on any atom is 0.292 e. The zero-order valence-electron chi connectivity index (χ0n) is 13.3. The fourth-order valence-electron chi connectivity index (χ4n) is 2.24. The molecule has 1 amide bonds. The zero-order chi connectivity index (χ0) is 16.2. The average molecular weight is 293 g/mol. The molecule has 0 bridgehead atoms. The zero-order valence-corrected chi connectivity index (χ0v) is 13.3. The molecule has 0 atom stereocenters. The molecule has 0 fully saturated rings. The lowest BCUT2D eigenvalue weighted by atomic mass is 9.98. The molecule has 6 nitrogen and oxygen atoms in total. The van der Waals surface area contributed by atoms with Crippen LogP contribution in [0.25, 0.3) is 0 Å². The number of anilines is 1. The molecule has 0 saturated heterocycles. The molecule has 0 heterocycles. The Kier molecular flexibility index (Phi) is 5.29. The maximum atomic E-state index is 12.0. The second-order valence-corrected chi connectivity index (χ2v) is 5.95. The molecule has 1 N–H and O–H groups in total. The van der Waals surface area contributed by atoms with Crippen LogP contribution < -0.4 is 5.32 Å². The van der Waals surface area contributed by atoms with Crippen molar-refractivity contribution in [2.75, 3.05) is 19.4 Å². The molecule has 1 rings (SSSR count). The van der Waals surface area contributed by atoms with E-state index in [-0.39, 0.29) is 17.1 Å². The van der Waals surface area contributed by atoms with Crippen molar-refractivity contribution in [1.29, 1.82) is 0 Å². The molecule has 6 heteroatoms. The number of hydrogen-bond acceptors (Lipinski definition) is 4. The Morgan fingerprint density at radius 3 is 2.48 bits per heavy atom. The van der Waals surface area contributed by atoms with Crippen molar-refractivity contribution < 1.29 is 9.72 Å². The largest absolute Gasteiger partial charge is 0.375 e. The average Bonchev–Trinajstić information content (AvgIpc) is 2.36. The summed E-state index contributed by atoms with van der Waals surface area (Å²) in [7, 11) is 3.30. The van der Waals surface area contributed by atoms with E-state index in [0.717, 1.165) is 12.8 Å². The monoisotopic (exact) mass is 293 g/mol. The Bertz CT molecular complexity index is 539. The standard InChI is InChI=1S/C15H23N3O3/c1-6-9-15(2,3)16-12-10-11(14(19)17(4)5)7-8-13(12)18(20)21/h7-8,10,16H,6,9H2,1-5H3. The van der Waals surface area contributed by atoms with Gasteiger partial charge >= 0.3 is 0 Å². The van der Waals surface area contributed by atoms with Gasteiger partial charge in [0, 0.05) is 31.3 Å². The molecule has 0 unspecified atom stereocenters. The van der Waals surface area contributed by atoms with Gasteiger partial charge in [-0.05, 0) is 32.4 Å². The van der Waals surface area contributed by atoms with Gasteiger partial charge in [0.05, 0.1) is 4.92 Å². The third kappa shape index (κ3) is 4.44. The minimum absolute atomic E-state index is 0.0190. The molecule has 116 valence electrons. The molecule has 21 heavy (non-hydrogen) atoms. The van der Waals surface area contributed by atoms with Crippen LogP contribution in [-0.2, 0) is 0 Å². The summed E-state index contributed by atoms with van der Waals surface area (Å²) in [6.45, 7) is 6.03. The number of nitro benzene ring substituents is 1. The van der Waals surface area contributed by atoms with Gasteiger partial charge in [-0.1, -0.05) is 13.3 Å². The number of hydrogen-bond donors (Lipinski definition) is 1. The number of benzene rings is 1. The minimum atomic E-state index is -0.436. The second kappa shape index (κ2) is 6.56. The number of rotatable bonds is 6. The third-order valence-electron chi connectivity index (χ3n) is 3.19. The van der Waals surface area contributed by atoms with Crippen LogP contribution in [0.4, 0.5) is 11.4 Å². The van der Waals surface area contributed by atoms with Gasteiger partial charge in [0.1, 0.15) is 5.69 Å². The van der Waals surface area contributed by atoms with Gasteiger partial charge in [-0.3, -0.25) is 14.9 Å². The molecule has 1 aromatic carbocycles. The van der Waals surface area contributed by atoms with Crippen LogP contribution >= 0.6 is 0 Å². The number of carbonyl (C=O) groups excluding carboxylic acids is 1. The highest BCUT2D eigenvalue weighted by Gasteiger charge is 2.23. The van der Waals surface area contributed by atoms with Crippen LogP contribution in [0.1, 0.15) is 44.0 Å². The number of amides is 1. The van der Waals surface area contributed by atoms with E-state index in [1.54, 1.807) is 20.2 Å².